The second-order valence-corrected chi connectivity index (χ2v) is 6.18. The Labute approximate surface area is 146 Å². The number of amides is 1. The summed E-state index contributed by atoms with van der Waals surface area (Å²) in [5.41, 5.74) is 2.16. The second-order valence-electron chi connectivity index (χ2n) is 6.18. The molecule has 0 aliphatic carbocycles. The molecular formula is C21H19NO3. The van der Waals surface area contributed by atoms with Gasteiger partial charge in [0.15, 0.2) is 6.10 Å². The molecule has 126 valence electrons. The van der Waals surface area contributed by atoms with Gasteiger partial charge in [-0.25, -0.2) is 0 Å². The molecule has 2 aromatic carbocycles. The zero-order valence-electron chi connectivity index (χ0n) is 13.8. The molecule has 0 saturated heterocycles. The van der Waals surface area contributed by atoms with E-state index in [9.17, 15) is 4.79 Å². The van der Waals surface area contributed by atoms with Crippen molar-refractivity contribution >= 4 is 5.91 Å². The average Bonchev–Trinajstić information content (AvgIpc) is 3.30. The monoisotopic (exact) mass is 333 g/mol. The fourth-order valence-corrected chi connectivity index (χ4v) is 3.13. The Hall–Kier alpha value is -3.01. The quantitative estimate of drug-likeness (QED) is 0.713. The van der Waals surface area contributed by atoms with Gasteiger partial charge in [-0.3, -0.25) is 4.79 Å². The van der Waals surface area contributed by atoms with Gasteiger partial charge < -0.3 is 14.1 Å². The standard InChI is InChI=1S/C21H19NO3/c23-21(20-13-17-9-4-5-11-19(17)25-20)22(15-18-10-6-12-24-18)14-16-7-2-1-3-8-16/h1-12,20H,13-15H2. The van der Waals surface area contributed by atoms with E-state index in [4.69, 9.17) is 9.15 Å². The normalized spacial score (nSPS) is 15.4. The Bertz CT molecular complexity index is 818. The molecule has 25 heavy (non-hydrogen) atoms. The first-order valence-corrected chi connectivity index (χ1v) is 8.39. The molecule has 0 spiro atoms. The fraction of sp³-hybridized carbons (Fsp3) is 0.190. The third-order valence-electron chi connectivity index (χ3n) is 4.38. The van der Waals surface area contributed by atoms with Crippen LogP contribution in [0.2, 0.25) is 0 Å². The molecule has 4 heteroatoms. The highest BCUT2D eigenvalue weighted by Gasteiger charge is 2.32. The molecule has 0 N–H and O–H groups in total. The van der Waals surface area contributed by atoms with Crippen LogP contribution in [0.3, 0.4) is 0 Å². The largest absolute Gasteiger partial charge is 0.480 e. The molecule has 0 saturated carbocycles. The molecular weight excluding hydrogens is 314 g/mol. The number of fused-ring (bicyclic) bond motifs is 1. The third kappa shape index (κ3) is 3.43. The number of carbonyl (C=O) groups excluding carboxylic acids is 1. The summed E-state index contributed by atoms with van der Waals surface area (Å²) in [5, 5.41) is 0. The van der Waals surface area contributed by atoms with Gasteiger partial charge in [-0.2, -0.15) is 0 Å². The molecule has 0 fully saturated rings. The molecule has 0 bridgehead atoms. The SMILES string of the molecule is O=C(C1Cc2ccccc2O1)N(Cc1ccccc1)Cc1ccco1. The maximum Gasteiger partial charge on any atom is 0.264 e. The topological polar surface area (TPSA) is 42.7 Å². The van der Waals surface area contributed by atoms with E-state index in [2.05, 4.69) is 0 Å². The van der Waals surface area contributed by atoms with Gasteiger partial charge in [0.05, 0.1) is 12.8 Å². The van der Waals surface area contributed by atoms with Gasteiger partial charge in [0, 0.05) is 13.0 Å². The summed E-state index contributed by atoms with van der Waals surface area (Å²) in [6, 6.07) is 21.5. The van der Waals surface area contributed by atoms with Crippen molar-refractivity contribution in [2.75, 3.05) is 0 Å². The van der Waals surface area contributed by atoms with E-state index in [0.717, 1.165) is 22.6 Å². The van der Waals surface area contributed by atoms with Crippen LogP contribution >= 0.6 is 0 Å². The van der Waals surface area contributed by atoms with E-state index in [-0.39, 0.29) is 5.91 Å². The van der Waals surface area contributed by atoms with Crippen LogP contribution in [0.5, 0.6) is 5.75 Å². The Morgan fingerprint density at radius 3 is 2.52 bits per heavy atom. The lowest BCUT2D eigenvalue weighted by Gasteiger charge is -2.24. The van der Waals surface area contributed by atoms with Crippen molar-refractivity contribution in [2.45, 2.75) is 25.6 Å². The van der Waals surface area contributed by atoms with E-state index in [0.29, 0.717) is 19.5 Å². The molecule has 2 heterocycles. The fourth-order valence-electron chi connectivity index (χ4n) is 3.13. The highest BCUT2D eigenvalue weighted by molar-refractivity contribution is 5.82. The molecule has 0 radical (unpaired) electrons. The van der Waals surface area contributed by atoms with Crippen LogP contribution in [-0.2, 0) is 24.3 Å². The number of nitrogens with zero attached hydrogens (tertiary/aromatic N) is 1. The van der Waals surface area contributed by atoms with Gasteiger partial charge in [0.2, 0.25) is 0 Å². The molecule has 3 aromatic rings. The van der Waals surface area contributed by atoms with E-state index in [1.165, 1.54) is 0 Å². The van der Waals surface area contributed by atoms with E-state index >= 15 is 0 Å². The van der Waals surface area contributed by atoms with Gasteiger partial charge in [-0.1, -0.05) is 48.5 Å². The molecule has 1 aliphatic rings. The van der Waals surface area contributed by atoms with Crippen LogP contribution in [0, 0.1) is 0 Å². The van der Waals surface area contributed by atoms with Crippen molar-refractivity contribution in [3.63, 3.8) is 0 Å². The zero-order valence-corrected chi connectivity index (χ0v) is 13.8. The number of rotatable bonds is 5. The summed E-state index contributed by atoms with van der Waals surface area (Å²) in [6.07, 6.45) is 1.76. The summed E-state index contributed by atoms with van der Waals surface area (Å²) in [5.74, 6) is 1.55. The van der Waals surface area contributed by atoms with Crippen molar-refractivity contribution in [3.05, 3.63) is 89.9 Å². The van der Waals surface area contributed by atoms with Gasteiger partial charge in [0.25, 0.3) is 5.91 Å². The molecule has 1 amide bonds. The molecule has 1 aromatic heterocycles. The summed E-state index contributed by atoms with van der Waals surface area (Å²) >= 11 is 0. The lowest BCUT2D eigenvalue weighted by Crippen LogP contribution is -2.40. The Kier molecular flexibility index (Phi) is 4.25. The average molecular weight is 333 g/mol. The van der Waals surface area contributed by atoms with Gasteiger partial charge in [-0.15, -0.1) is 0 Å². The van der Waals surface area contributed by atoms with E-state index < -0.39 is 6.10 Å². The highest BCUT2D eigenvalue weighted by atomic mass is 16.5. The van der Waals surface area contributed by atoms with Crippen LogP contribution in [0.4, 0.5) is 0 Å². The molecule has 1 aliphatic heterocycles. The van der Waals surface area contributed by atoms with Crippen molar-refractivity contribution < 1.29 is 13.9 Å². The van der Waals surface area contributed by atoms with Gasteiger partial charge in [0.1, 0.15) is 11.5 Å². The first-order chi connectivity index (χ1) is 12.3. The molecule has 4 rings (SSSR count). The van der Waals surface area contributed by atoms with Crippen molar-refractivity contribution in [1.29, 1.82) is 0 Å². The highest BCUT2D eigenvalue weighted by Crippen LogP contribution is 2.29. The number of hydrogen-bond donors (Lipinski definition) is 0. The summed E-state index contributed by atoms with van der Waals surface area (Å²) in [7, 11) is 0. The summed E-state index contributed by atoms with van der Waals surface area (Å²) in [4.78, 5) is 14.9. The number of para-hydroxylation sites is 1. The van der Waals surface area contributed by atoms with E-state index in [1.807, 2.05) is 66.7 Å². The van der Waals surface area contributed by atoms with Crippen LogP contribution in [0.1, 0.15) is 16.9 Å². The number of hydrogen-bond acceptors (Lipinski definition) is 3. The predicted molar refractivity (Wildman–Crippen MR) is 94.0 cm³/mol. The Morgan fingerprint density at radius 2 is 1.76 bits per heavy atom. The Balaban J connectivity index is 1.54. The predicted octanol–water partition coefficient (Wildman–Crippen LogP) is 3.81. The van der Waals surface area contributed by atoms with Crippen molar-refractivity contribution in [2.24, 2.45) is 0 Å². The summed E-state index contributed by atoms with van der Waals surface area (Å²) < 4.78 is 11.3. The van der Waals surface area contributed by atoms with Crippen LogP contribution < -0.4 is 4.74 Å². The van der Waals surface area contributed by atoms with Crippen LogP contribution in [-0.4, -0.2) is 16.9 Å². The van der Waals surface area contributed by atoms with Crippen molar-refractivity contribution in [3.8, 4) is 5.75 Å². The maximum atomic E-state index is 13.1. The van der Waals surface area contributed by atoms with Crippen molar-refractivity contribution in [1.82, 2.24) is 4.90 Å². The lowest BCUT2D eigenvalue weighted by atomic mass is 10.1. The molecule has 1 atom stereocenters. The van der Waals surface area contributed by atoms with Gasteiger partial charge >= 0.3 is 0 Å². The smallest absolute Gasteiger partial charge is 0.264 e. The first-order valence-electron chi connectivity index (χ1n) is 8.39. The number of ether oxygens (including phenoxy) is 1. The first kappa shape index (κ1) is 15.5. The zero-order chi connectivity index (χ0) is 17.1. The molecule has 4 nitrogen and oxygen atoms in total. The molecule has 1 unspecified atom stereocenters. The minimum absolute atomic E-state index is 0.0172. The van der Waals surface area contributed by atoms with Crippen LogP contribution in [0.25, 0.3) is 0 Å². The minimum atomic E-state index is -0.476. The number of benzene rings is 2. The minimum Gasteiger partial charge on any atom is -0.480 e. The van der Waals surface area contributed by atoms with Crippen LogP contribution in [0.15, 0.2) is 77.4 Å². The number of carbonyl (C=O) groups is 1. The third-order valence-corrected chi connectivity index (χ3v) is 4.38. The second kappa shape index (κ2) is 6.85. The maximum absolute atomic E-state index is 13.1. The lowest BCUT2D eigenvalue weighted by molar-refractivity contribution is -0.139. The number of furan rings is 1. The Morgan fingerprint density at radius 1 is 0.960 bits per heavy atom. The van der Waals surface area contributed by atoms with Gasteiger partial charge in [-0.05, 0) is 29.3 Å². The van der Waals surface area contributed by atoms with E-state index in [1.54, 1.807) is 11.2 Å². The summed E-state index contributed by atoms with van der Waals surface area (Å²) in [6.45, 7) is 0.952.